The van der Waals surface area contributed by atoms with Crippen molar-refractivity contribution in [3.63, 3.8) is 0 Å². The molecule has 2 rings (SSSR count). The average Bonchev–Trinajstić information content (AvgIpc) is 2.86. The van der Waals surface area contributed by atoms with Crippen LogP contribution in [0.3, 0.4) is 0 Å². The van der Waals surface area contributed by atoms with Gasteiger partial charge in [-0.2, -0.15) is 0 Å². The Balaban J connectivity index is 2.16. The zero-order valence-electron chi connectivity index (χ0n) is 12.3. The van der Waals surface area contributed by atoms with Crippen molar-refractivity contribution in [1.82, 2.24) is 9.88 Å². The molecule has 1 aliphatic rings. The summed E-state index contributed by atoms with van der Waals surface area (Å²) < 4.78 is 0. The van der Waals surface area contributed by atoms with Crippen molar-refractivity contribution in [2.24, 2.45) is 5.73 Å². The first-order valence-corrected chi connectivity index (χ1v) is 8.05. The van der Waals surface area contributed by atoms with Crippen LogP contribution < -0.4 is 16.4 Å². The van der Waals surface area contributed by atoms with Crippen molar-refractivity contribution in [3.8, 4) is 0 Å². The molecule has 1 aromatic heterocycles. The molecule has 1 amide bonds. The molecule has 1 aliphatic heterocycles. The Morgan fingerprint density at radius 3 is 3.00 bits per heavy atom. The Labute approximate surface area is 128 Å². The van der Waals surface area contributed by atoms with Crippen molar-refractivity contribution in [1.29, 1.82) is 0 Å². The second-order valence-corrected chi connectivity index (χ2v) is 6.15. The van der Waals surface area contributed by atoms with Gasteiger partial charge in [-0.25, -0.2) is 4.98 Å². The summed E-state index contributed by atoms with van der Waals surface area (Å²) in [5.74, 6) is 0.0876. The highest BCUT2D eigenvalue weighted by Gasteiger charge is 2.25. The zero-order chi connectivity index (χ0) is 15.4. The number of hydrogen-bond donors (Lipinski definition) is 3. The number of carbonyl (C=O) groups excluding carboxylic acids is 1. The number of aliphatic hydroxyl groups is 1. The van der Waals surface area contributed by atoms with Gasteiger partial charge in [-0.15, -0.1) is 0 Å². The largest absolute Gasteiger partial charge is 0.395 e. The molecule has 1 saturated heterocycles. The molecule has 0 bridgehead atoms. The normalized spacial score (nSPS) is 18.8. The van der Waals surface area contributed by atoms with Crippen molar-refractivity contribution >= 4 is 28.2 Å². The third-order valence-electron chi connectivity index (χ3n) is 3.60. The second-order valence-electron chi connectivity index (χ2n) is 5.17. The summed E-state index contributed by atoms with van der Waals surface area (Å²) in [6.45, 7) is 4.27. The minimum absolute atomic E-state index is 0.0634. The summed E-state index contributed by atoms with van der Waals surface area (Å²) in [5.41, 5.74) is 11.9. The van der Waals surface area contributed by atoms with E-state index in [0.29, 0.717) is 18.0 Å². The maximum atomic E-state index is 12.4. The summed E-state index contributed by atoms with van der Waals surface area (Å²) in [6, 6.07) is 0.143. The van der Waals surface area contributed by atoms with E-state index in [1.54, 1.807) is 4.90 Å². The molecule has 7 nitrogen and oxygen atoms in total. The average molecular weight is 313 g/mol. The SMILES string of the molecule is CCN(CCO)C(=O)c1sc(N2CCCC(N)C2)nc1N. The van der Waals surface area contributed by atoms with Crippen LogP contribution in [0, 0.1) is 0 Å². The van der Waals surface area contributed by atoms with Crippen LogP contribution in [0.5, 0.6) is 0 Å². The van der Waals surface area contributed by atoms with E-state index in [-0.39, 0.29) is 24.4 Å². The lowest BCUT2D eigenvalue weighted by Crippen LogP contribution is -2.42. The predicted molar refractivity (Wildman–Crippen MR) is 84.6 cm³/mol. The Bertz CT molecular complexity index is 493. The highest BCUT2D eigenvalue weighted by molar-refractivity contribution is 7.18. The Morgan fingerprint density at radius 1 is 1.62 bits per heavy atom. The number of nitrogens with two attached hydrogens (primary N) is 2. The van der Waals surface area contributed by atoms with Crippen molar-refractivity contribution in [2.45, 2.75) is 25.8 Å². The van der Waals surface area contributed by atoms with Crippen LogP contribution in [0.1, 0.15) is 29.4 Å². The number of aromatic nitrogens is 1. The molecule has 118 valence electrons. The molecular formula is C13H23N5O2S. The molecule has 0 radical (unpaired) electrons. The molecule has 1 aromatic rings. The van der Waals surface area contributed by atoms with Gasteiger partial charge < -0.3 is 26.4 Å². The Kier molecular flexibility index (Phi) is 5.38. The number of carbonyl (C=O) groups is 1. The molecule has 1 unspecified atom stereocenters. The molecule has 21 heavy (non-hydrogen) atoms. The van der Waals surface area contributed by atoms with Gasteiger partial charge in [0.15, 0.2) is 5.13 Å². The highest BCUT2D eigenvalue weighted by Crippen LogP contribution is 2.30. The fourth-order valence-corrected chi connectivity index (χ4v) is 3.45. The van der Waals surface area contributed by atoms with Crippen molar-refractivity contribution < 1.29 is 9.90 Å². The zero-order valence-corrected chi connectivity index (χ0v) is 13.1. The molecule has 0 aromatic carbocycles. The lowest BCUT2D eigenvalue weighted by Gasteiger charge is -2.30. The number of rotatable bonds is 5. The number of anilines is 2. The summed E-state index contributed by atoms with van der Waals surface area (Å²) in [5, 5.41) is 9.77. The van der Waals surface area contributed by atoms with E-state index in [9.17, 15) is 4.79 Å². The van der Waals surface area contributed by atoms with Gasteiger partial charge in [-0.1, -0.05) is 11.3 Å². The van der Waals surface area contributed by atoms with Gasteiger partial charge in [0.1, 0.15) is 10.7 Å². The number of nitrogens with zero attached hydrogens (tertiary/aromatic N) is 3. The van der Waals surface area contributed by atoms with Crippen LogP contribution in [0.15, 0.2) is 0 Å². The minimum atomic E-state index is -0.172. The number of thiazole rings is 1. The van der Waals surface area contributed by atoms with E-state index in [2.05, 4.69) is 9.88 Å². The van der Waals surface area contributed by atoms with Gasteiger partial charge in [-0.3, -0.25) is 4.79 Å². The molecule has 1 fully saturated rings. The van der Waals surface area contributed by atoms with Gasteiger partial charge in [0.25, 0.3) is 5.91 Å². The fourth-order valence-electron chi connectivity index (χ4n) is 2.46. The van der Waals surface area contributed by atoms with Crippen molar-refractivity contribution in [3.05, 3.63) is 4.88 Å². The first-order chi connectivity index (χ1) is 10.1. The smallest absolute Gasteiger partial charge is 0.267 e. The van der Waals surface area contributed by atoms with E-state index in [1.807, 2.05) is 6.92 Å². The number of hydrogen-bond acceptors (Lipinski definition) is 7. The summed E-state index contributed by atoms with van der Waals surface area (Å²) in [4.78, 5) is 20.8. The van der Waals surface area contributed by atoms with Gasteiger partial charge in [0.05, 0.1) is 6.61 Å². The number of likely N-dealkylation sites (N-methyl/N-ethyl adjacent to an activating group) is 1. The van der Waals surface area contributed by atoms with Gasteiger partial charge in [-0.05, 0) is 19.8 Å². The van der Waals surface area contributed by atoms with Gasteiger partial charge in [0.2, 0.25) is 0 Å². The molecule has 0 spiro atoms. The minimum Gasteiger partial charge on any atom is -0.395 e. The molecule has 5 N–H and O–H groups in total. The summed E-state index contributed by atoms with van der Waals surface area (Å²) in [6.07, 6.45) is 2.04. The quantitative estimate of drug-likeness (QED) is 0.712. The first kappa shape index (κ1) is 16.0. The summed E-state index contributed by atoms with van der Waals surface area (Å²) >= 11 is 1.31. The fraction of sp³-hybridized carbons (Fsp3) is 0.692. The van der Waals surface area contributed by atoms with Crippen LogP contribution in [0.4, 0.5) is 10.9 Å². The monoisotopic (exact) mass is 313 g/mol. The molecular weight excluding hydrogens is 290 g/mol. The van der Waals surface area contributed by atoms with Crippen LogP contribution in [0.25, 0.3) is 0 Å². The van der Waals surface area contributed by atoms with E-state index in [4.69, 9.17) is 16.6 Å². The lowest BCUT2D eigenvalue weighted by molar-refractivity contribution is 0.0737. The number of aliphatic hydroxyl groups excluding tert-OH is 1. The van der Waals surface area contributed by atoms with Crippen LogP contribution >= 0.6 is 11.3 Å². The third-order valence-corrected chi connectivity index (χ3v) is 4.72. The molecule has 0 saturated carbocycles. The Hall–Kier alpha value is -1.38. The van der Waals surface area contributed by atoms with Crippen LogP contribution in [0.2, 0.25) is 0 Å². The predicted octanol–water partition coefficient (Wildman–Crippen LogP) is 0.107. The maximum absolute atomic E-state index is 12.4. The van der Waals surface area contributed by atoms with Gasteiger partial charge in [0, 0.05) is 32.2 Å². The highest BCUT2D eigenvalue weighted by atomic mass is 32.1. The van der Waals surface area contributed by atoms with E-state index in [1.165, 1.54) is 11.3 Å². The Morgan fingerprint density at radius 2 is 2.38 bits per heavy atom. The molecule has 8 heteroatoms. The first-order valence-electron chi connectivity index (χ1n) is 7.23. The topological polar surface area (TPSA) is 109 Å². The van der Waals surface area contributed by atoms with Crippen LogP contribution in [-0.2, 0) is 0 Å². The van der Waals surface area contributed by atoms with E-state index >= 15 is 0 Å². The maximum Gasteiger partial charge on any atom is 0.267 e. The number of nitrogen functional groups attached to an aromatic ring is 1. The number of amides is 1. The third kappa shape index (κ3) is 3.63. The lowest BCUT2D eigenvalue weighted by atomic mass is 10.1. The number of piperidine rings is 1. The van der Waals surface area contributed by atoms with Crippen LogP contribution in [-0.4, -0.2) is 59.7 Å². The van der Waals surface area contributed by atoms with Gasteiger partial charge >= 0.3 is 0 Å². The standard InChI is InChI=1S/C13H23N5O2S/c1-2-17(6-7-19)12(20)10-11(15)16-13(21-10)18-5-3-4-9(14)8-18/h9,19H,2-8,14-15H2,1H3. The molecule has 1 atom stereocenters. The van der Waals surface area contributed by atoms with Crippen molar-refractivity contribution in [2.75, 3.05) is 43.4 Å². The van der Waals surface area contributed by atoms with E-state index in [0.717, 1.165) is 31.1 Å². The molecule has 2 heterocycles. The molecule has 0 aliphatic carbocycles. The second kappa shape index (κ2) is 7.06. The summed E-state index contributed by atoms with van der Waals surface area (Å²) in [7, 11) is 0. The van der Waals surface area contributed by atoms with E-state index < -0.39 is 0 Å².